The first-order valence-electron chi connectivity index (χ1n) is 8.33. The normalized spacial score (nSPS) is 12.4. The molecule has 0 radical (unpaired) electrons. The maximum Gasteiger partial charge on any atom is 0.251 e. The van der Waals surface area contributed by atoms with Crippen LogP contribution >= 0.6 is 0 Å². The third-order valence-corrected chi connectivity index (χ3v) is 3.91. The minimum Gasteiger partial charge on any atom is -0.392 e. The summed E-state index contributed by atoms with van der Waals surface area (Å²) in [6.45, 7) is 1.85. The summed E-state index contributed by atoms with van der Waals surface area (Å²) in [5.41, 5.74) is 2.91. The standard InChI is InChI=1S/C19H21N5O2/c1-13(25)12-24(15-6-3-5-14(11-15)20-2)18(26)9-8-17-16-7-4-10-21-19(16)23-22-17/h3-11,13,20,25H,12H2,1-2H3,(H,21,22,23)/b9-8+. The van der Waals surface area contributed by atoms with E-state index in [2.05, 4.69) is 20.5 Å². The van der Waals surface area contributed by atoms with Crippen LogP contribution in [-0.4, -0.2) is 45.9 Å². The van der Waals surface area contributed by atoms with Crippen LogP contribution in [0.4, 0.5) is 11.4 Å². The van der Waals surface area contributed by atoms with E-state index in [1.807, 2.05) is 43.4 Å². The molecule has 7 heteroatoms. The zero-order chi connectivity index (χ0) is 18.5. The Labute approximate surface area is 151 Å². The molecule has 2 aromatic heterocycles. The van der Waals surface area contributed by atoms with Crippen molar-refractivity contribution in [3.8, 4) is 0 Å². The zero-order valence-corrected chi connectivity index (χ0v) is 14.7. The van der Waals surface area contributed by atoms with Gasteiger partial charge in [-0.15, -0.1) is 0 Å². The van der Waals surface area contributed by atoms with E-state index in [-0.39, 0.29) is 12.5 Å². The van der Waals surface area contributed by atoms with E-state index in [0.717, 1.165) is 11.1 Å². The van der Waals surface area contributed by atoms with E-state index < -0.39 is 6.10 Å². The number of aromatic nitrogens is 3. The molecule has 1 amide bonds. The quantitative estimate of drug-likeness (QED) is 0.593. The van der Waals surface area contributed by atoms with E-state index in [9.17, 15) is 9.90 Å². The molecule has 0 saturated carbocycles. The fourth-order valence-corrected chi connectivity index (χ4v) is 2.66. The number of hydrogen-bond acceptors (Lipinski definition) is 5. The number of aromatic amines is 1. The molecule has 0 aliphatic carbocycles. The molecule has 1 aromatic carbocycles. The first-order valence-corrected chi connectivity index (χ1v) is 8.33. The highest BCUT2D eigenvalue weighted by Gasteiger charge is 2.16. The highest BCUT2D eigenvalue weighted by atomic mass is 16.3. The number of amides is 1. The van der Waals surface area contributed by atoms with Crippen molar-refractivity contribution in [1.82, 2.24) is 15.2 Å². The second kappa shape index (κ2) is 7.79. The molecular formula is C19H21N5O2. The number of hydrogen-bond donors (Lipinski definition) is 3. The van der Waals surface area contributed by atoms with E-state index in [0.29, 0.717) is 17.0 Å². The van der Waals surface area contributed by atoms with Crippen LogP contribution in [0.1, 0.15) is 12.6 Å². The number of H-pyrrole nitrogens is 1. The van der Waals surface area contributed by atoms with Crippen molar-refractivity contribution in [2.75, 3.05) is 23.8 Å². The van der Waals surface area contributed by atoms with Gasteiger partial charge in [-0.3, -0.25) is 9.89 Å². The van der Waals surface area contributed by atoms with Crippen LogP contribution in [0.15, 0.2) is 48.7 Å². The number of fused-ring (bicyclic) bond motifs is 1. The highest BCUT2D eigenvalue weighted by molar-refractivity contribution is 6.04. The third-order valence-electron chi connectivity index (χ3n) is 3.91. The number of nitrogens with zero attached hydrogens (tertiary/aromatic N) is 3. The maximum atomic E-state index is 12.8. The number of aliphatic hydroxyl groups is 1. The second-order valence-corrected chi connectivity index (χ2v) is 5.94. The maximum absolute atomic E-state index is 12.8. The van der Waals surface area contributed by atoms with Crippen LogP contribution in [0.3, 0.4) is 0 Å². The molecule has 0 aliphatic rings. The van der Waals surface area contributed by atoms with Crippen molar-refractivity contribution in [2.24, 2.45) is 0 Å². The largest absolute Gasteiger partial charge is 0.392 e. The van der Waals surface area contributed by atoms with Gasteiger partial charge in [0.15, 0.2) is 5.65 Å². The molecule has 0 spiro atoms. The van der Waals surface area contributed by atoms with Gasteiger partial charge >= 0.3 is 0 Å². The van der Waals surface area contributed by atoms with Crippen molar-refractivity contribution in [1.29, 1.82) is 0 Å². The summed E-state index contributed by atoms with van der Waals surface area (Å²) in [6.07, 6.45) is 4.16. The number of nitrogens with one attached hydrogen (secondary N) is 2. The van der Waals surface area contributed by atoms with Gasteiger partial charge in [0.25, 0.3) is 5.91 Å². The van der Waals surface area contributed by atoms with Crippen LogP contribution in [-0.2, 0) is 4.79 Å². The molecule has 3 N–H and O–H groups in total. The molecular weight excluding hydrogens is 330 g/mol. The molecule has 3 aromatic rings. The van der Waals surface area contributed by atoms with Crippen LogP contribution in [0.25, 0.3) is 17.1 Å². The minimum atomic E-state index is -0.650. The molecule has 26 heavy (non-hydrogen) atoms. The predicted octanol–water partition coefficient (Wildman–Crippen LogP) is 2.43. The average molecular weight is 351 g/mol. The van der Waals surface area contributed by atoms with Crippen molar-refractivity contribution >= 4 is 34.4 Å². The Kier molecular flexibility index (Phi) is 5.28. The van der Waals surface area contributed by atoms with Crippen molar-refractivity contribution in [3.05, 3.63) is 54.4 Å². The van der Waals surface area contributed by atoms with E-state index in [1.54, 1.807) is 24.1 Å². The summed E-state index contributed by atoms with van der Waals surface area (Å²) >= 11 is 0. The highest BCUT2D eigenvalue weighted by Crippen LogP contribution is 2.21. The number of pyridine rings is 1. The Hall–Kier alpha value is -3.19. The number of aliphatic hydroxyl groups excluding tert-OH is 1. The number of benzene rings is 1. The van der Waals surface area contributed by atoms with Crippen molar-refractivity contribution in [2.45, 2.75) is 13.0 Å². The Morgan fingerprint density at radius 1 is 1.38 bits per heavy atom. The van der Waals surface area contributed by atoms with Gasteiger partial charge in [0.2, 0.25) is 0 Å². The fraction of sp³-hybridized carbons (Fsp3) is 0.211. The number of anilines is 2. The van der Waals surface area contributed by atoms with Crippen LogP contribution < -0.4 is 10.2 Å². The molecule has 0 fully saturated rings. The van der Waals surface area contributed by atoms with E-state index in [4.69, 9.17) is 0 Å². The molecule has 3 rings (SSSR count). The number of rotatable bonds is 6. The van der Waals surface area contributed by atoms with Gasteiger partial charge in [-0.05, 0) is 43.3 Å². The third kappa shape index (κ3) is 3.89. The molecule has 0 bridgehead atoms. The zero-order valence-electron chi connectivity index (χ0n) is 14.7. The summed E-state index contributed by atoms with van der Waals surface area (Å²) < 4.78 is 0. The van der Waals surface area contributed by atoms with E-state index >= 15 is 0 Å². The molecule has 7 nitrogen and oxygen atoms in total. The summed E-state index contributed by atoms with van der Waals surface area (Å²) in [4.78, 5) is 18.5. The fourth-order valence-electron chi connectivity index (χ4n) is 2.66. The predicted molar refractivity (Wildman–Crippen MR) is 103 cm³/mol. The first kappa shape index (κ1) is 17.6. The Bertz CT molecular complexity index is 932. The molecule has 1 atom stereocenters. The van der Waals surface area contributed by atoms with Gasteiger partial charge in [-0.1, -0.05) is 6.07 Å². The summed E-state index contributed by atoms with van der Waals surface area (Å²) in [7, 11) is 1.82. The van der Waals surface area contributed by atoms with Gasteiger partial charge in [0.1, 0.15) is 0 Å². The Balaban J connectivity index is 1.87. The Morgan fingerprint density at radius 3 is 3.00 bits per heavy atom. The smallest absolute Gasteiger partial charge is 0.251 e. The van der Waals surface area contributed by atoms with Crippen LogP contribution in [0.5, 0.6) is 0 Å². The Morgan fingerprint density at radius 2 is 2.23 bits per heavy atom. The van der Waals surface area contributed by atoms with Crippen LogP contribution in [0, 0.1) is 0 Å². The number of carbonyl (C=O) groups excluding carboxylic acids is 1. The van der Waals surface area contributed by atoms with Crippen LogP contribution in [0.2, 0.25) is 0 Å². The summed E-state index contributed by atoms with van der Waals surface area (Å²) in [5.74, 6) is -0.231. The lowest BCUT2D eigenvalue weighted by molar-refractivity contribution is -0.114. The lowest BCUT2D eigenvalue weighted by Gasteiger charge is -2.23. The van der Waals surface area contributed by atoms with Crippen molar-refractivity contribution < 1.29 is 9.90 Å². The van der Waals surface area contributed by atoms with Gasteiger partial charge in [0.05, 0.1) is 18.3 Å². The topological polar surface area (TPSA) is 94.1 Å². The van der Waals surface area contributed by atoms with E-state index in [1.165, 1.54) is 6.08 Å². The lowest BCUT2D eigenvalue weighted by Crippen LogP contribution is -2.35. The molecule has 0 saturated heterocycles. The minimum absolute atomic E-state index is 0.196. The summed E-state index contributed by atoms with van der Waals surface area (Å²) in [6, 6.07) is 11.2. The molecule has 2 heterocycles. The van der Waals surface area contributed by atoms with Crippen molar-refractivity contribution in [3.63, 3.8) is 0 Å². The second-order valence-electron chi connectivity index (χ2n) is 5.94. The SMILES string of the molecule is CNc1cccc(N(CC(C)O)C(=O)/C=C/c2[nH]nc3ncccc23)c1. The first-order chi connectivity index (χ1) is 12.6. The molecule has 1 unspecified atom stereocenters. The monoisotopic (exact) mass is 351 g/mol. The lowest BCUT2D eigenvalue weighted by atomic mass is 10.2. The number of carbonyl (C=O) groups is 1. The van der Waals surface area contributed by atoms with Gasteiger partial charge in [-0.25, -0.2) is 4.98 Å². The summed E-state index contributed by atoms with van der Waals surface area (Å²) in [5, 5.41) is 20.7. The molecule has 134 valence electrons. The van der Waals surface area contributed by atoms with Gasteiger partial charge in [0, 0.05) is 36.1 Å². The van der Waals surface area contributed by atoms with Gasteiger partial charge < -0.3 is 15.3 Å². The molecule has 0 aliphatic heterocycles. The van der Waals surface area contributed by atoms with Gasteiger partial charge in [-0.2, -0.15) is 5.10 Å². The average Bonchev–Trinajstić information content (AvgIpc) is 3.07.